The number of unbranched alkanes of at least 4 members (excludes halogenated alkanes) is 2. The highest BCUT2D eigenvalue weighted by Gasteiger charge is 2.48. The molecular weight excluding hydrogens is 480 g/mol. The van der Waals surface area contributed by atoms with E-state index in [2.05, 4.69) is 49.9 Å². The molecule has 0 aliphatic carbocycles. The number of hydrogen-bond donors (Lipinski definition) is 1. The molecule has 1 saturated heterocycles. The number of aliphatic carboxylic acids is 1. The predicted octanol–water partition coefficient (Wildman–Crippen LogP) is 5.64. The molecule has 2 aliphatic rings. The van der Waals surface area contributed by atoms with E-state index in [1.54, 1.807) is 0 Å². The quantitative estimate of drug-likeness (QED) is 0.367. The molecule has 1 N–H and O–H groups in total. The third-order valence-electron chi connectivity index (χ3n) is 7.82. The smallest absolute Gasteiger partial charge is 0.309 e. The fourth-order valence-corrected chi connectivity index (χ4v) is 5.77. The number of carbonyl (C=O) groups excluding carboxylic acids is 1. The van der Waals surface area contributed by atoms with E-state index in [1.165, 1.54) is 5.56 Å². The molecule has 2 heterocycles. The van der Waals surface area contributed by atoms with Crippen LogP contribution in [0.2, 0.25) is 0 Å². The second-order valence-corrected chi connectivity index (χ2v) is 10.5. The molecule has 7 nitrogen and oxygen atoms in total. The van der Waals surface area contributed by atoms with E-state index in [0.717, 1.165) is 62.7 Å². The van der Waals surface area contributed by atoms with Gasteiger partial charge in [0, 0.05) is 31.6 Å². The van der Waals surface area contributed by atoms with Gasteiger partial charge in [-0.25, -0.2) is 0 Å². The van der Waals surface area contributed by atoms with Crippen LogP contribution in [0.5, 0.6) is 11.5 Å². The molecule has 206 valence electrons. The van der Waals surface area contributed by atoms with Crippen molar-refractivity contribution in [1.29, 1.82) is 0 Å². The van der Waals surface area contributed by atoms with Gasteiger partial charge in [0.25, 0.3) is 0 Å². The van der Waals surface area contributed by atoms with Gasteiger partial charge >= 0.3 is 5.97 Å². The molecule has 1 amide bonds. The highest BCUT2D eigenvalue weighted by molar-refractivity contribution is 5.79. The summed E-state index contributed by atoms with van der Waals surface area (Å²) < 4.78 is 11.1. The van der Waals surface area contributed by atoms with Crippen molar-refractivity contribution in [2.75, 3.05) is 33.0 Å². The Morgan fingerprint density at radius 2 is 1.58 bits per heavy atom. The molecule has 3 atom stereocenters. The normalized spacial score (nSPS) is 20.6. The average Bonchev–Trinajstić information content (AvgIpc) is 3.54. The third kappa shape index (κ3) is 6.32. The van der Waals surface area contributed by atoms with Crippen LogP contribution in [-0.2, 0) is 16.0 Å². The lowest BCUT2D eigenvalue weighted by Gasteiger charge is -2.30. The Kier molecular flexibility index (Phi) is 9.67. The monoisotopic (exact) mass is 522 g/mol. The van der Waals surface area contributed by atoms with Gasteiger partial charge in [0.05, 0.1) is 12.5 Å². The minimum absolute atomic E-state index is 0.0787. The number of carbonyl (C=O) groups is 2. The van der Waals surface area contributed by atoms with Crippen LogP contribution in [-0.4, -0.2) is 59.8 Å². The number of benzene rings is 2. The predicted molar refractivity (Wildman–Crippen MR) is 148 cm³/mol. The summed E-state index contributed by atoms with van der Waals surface area (Å²) in [4.78, 5) is 30.5. The zero-order valence-electron chi connectivity index (χ0n) is 23.0. The maximum absolute atomic E-state index is 13.6. The van der Waals surface area contributed by atoms with Crippen molar-refractivity contribution in [3.63, 3.8) is 0 Å². The van der Waals surface area contributed by atoms with E-state index in [1.807, 2.05) is 23.1 Å². The van der Waals surface area contributed by atoms with Gasteiger partial charge < -0.3 is 19.5 Å². The number of nitrogens with zero attached hydrogens (tertiary/aromatic N) is 2. The number of hydrogen-bond acceptors (Lipinski definition) is 5. The lowest BCUT2D eigenvalue weighted by molar-refractivity contribution is -0.144. The lowest BCUT2D eigenvalue weighted by Crippen LogP contribution is -2.42. The summed E-state index contributed by atoms with van der Waals surface area (Å²) in [6.07, 6.45) is 6.03. The van der Waals surface area contributed by atoms with E-state index >= 15 is 0 Å². The van der Waals surface area contributed by atoms with Crippen LogP contribution in [0.4, 0.5) is 0 Å². The van der Waals surface area contributed by atoms with Gasteiger partial charge in [0.15, 0.2) is 11.5 Å². The molecule has 2 aliphatic heterocycles. The van der Waals surface area contributed by atoms with Crippen LogP contribution >= 0.6 is 0 Å². The summed E-state index contributed by atoms with van der Waals surface area (Å²) in [7, 11) is 0. The molecule has 0 unspecified atom stereocenters. The summed E-state index contributed by atoms with van der Waals surface area (Å²) >= 11 is 0. The molecule has 0 spiro atoms. The second-order valence-electron chi connectivity index (χ2n) is 10.5. The number of amides is 1. The van der Waals surface area contributed by atoms with Crippen LogP contribution in [0.3, 0.4) is 0 Å². The highest BCUT2D eigenvalue weighted by Crippen LogP contribution is 2.47. The Bertz CT molecular complexity index is 1080. The minimum atomic E-state index is -0.848. The number of ether oxygens (including phenoxy) is 2. The molecular formula is C31H42N2O5. The van der Waals surface area contributed by atoms with Gasteiger partial charge in [-0.3, -0.25) is 14.5 Å². The van der Waals surface area contributed by atoms with E-state index in [9.17, 15) is 14.7 Å². The number of carboxylic acids is 1. The van der Waals surface area contributed by atoms with Crippen molar-refractivity contribution in [2.45, 2.75) is 71.3 Å². The highest BCUT2D eigenvalue weighted by atomic mass is 16.7. The Morgan fingerprint density at radius 1 is 0.921 bits per heavy atom. The topological polar surface area (TPSA) is 79.3 Å². The molecule has 2 aromatic rings. The second kappa shape index (κ2) is 13.1. The first-order valence-corrected chi connectivity index (χ1v) is 14.2. The maximum Gasteiger partial charge on any atom is 0.309 e. The molecule has 0 bridgehead atoms. The van der Waals surface area contributed by atoms with Gasteiger partial charge in [0.2, 0.25) is 12.7 Å². The van der Waals surface area contributed by atoms with Crippen molar-refractivity contribution in [2.24, 2.45) is 5.92 Å². The number of carboxylic acid groups (broad SMARTS) is 1. The van der Waals surface area contributed by atoms with Gasteiger partial charge in [-0.15, -0.1) is 0 Å². The van der Waals surface area contributed by atoms with Gasteiger partial charge in [-0.1, -0.05) is 70.4 Å². The van der Waals surface area contributed by atoms with Crippen molar-refractivity contribution in [1.82, 2.24) is 9.80 Å². The lowest BCUT2D eigenvalue weighted by atomic mass is 9.82. The zero-order valence-corrected chi connectivity index (χ0v) is 23.0. The van der Waals surface area contributed by atoms with Gasteiger partial charge in [0.1, 0.15) is 0 Å². The minimum Gasteiger partial charge on any atom is -0.481 e. The van der Waals surface area contributed by atoms with Crippen molar-refractivity contribution in [3.8, 4) is 11.5 Å². The molecule has 1 fully saturated rings. The van der Waals surface area contributed by atoms with Crippen LogP contribution in [0.25, 0.3) is 0 Å². The number of rotatable bonds is 13. The van der Waals surface area contributed by atoms with E-state index in [4.69, 9.17) is 9.47 Å². The number of fused-ring (bicyclic) bond motifs is 1. The molecule has 2 aromatic carbocycles. The van der Waals surface area contributed by atoms with Crippen LogP contribution in [0.1, 0.15) is 81.5 Å². The average molecular weight is 523 g/mol. The summed E-state index contributed by atoms with van der Waals surface area (Å²) in [6.45, 7) is 8.77. The molecule has 4 rings (SSSR count). The molecule has 0 aromatic heterocycles. The van der Waals surface area contributed by atoms with Crippen molar-refractivity contribution >= 4 is 11.9 Å². The number of aryl methyl sites for hydroxylation is 1. The van der Waals surface area contributed by atoms with Gasteiger partial charge in [-0.05, 0) is 48.1 Å². The molecule has 0 saturated carbocycles. The van der Waals surface area contributed by atoms with Crippen LogP contribution in [0.15, 0.2) is 42.5 Å². The van der Waals surface area contributed by atoms with E-state index < -0.39 is 17.9 Å². The summed E-state index contributed by atoms with van der Waals surface area (Å²) in [5, 5.41) is 10.5. The largest absolute Gasteiger partial charge is 0.481 e. The summed E-state index contributed by atoms with van der Waals surface area (Å²) in [5.41, 5.74) is 3.08. The fourth-order valence-electron chi connectivity index (χ4n) is 5.77. The first kappa shape index (κ1) is 28.0. The van der Waals surface area contributed by atoms with Gasteiger partial charge in [-0.2, -0.15) is 0 Å². The van der Waals surface area contributed by atoms with Crippen LogP contribution in [0, 0.1) is 5.92 Å². The number of likely N-dealkylation sites (tertiary alicyclic amines) is 1. The molecule has 38 heavy (non-hydrogen) atoms. The van der Waals surface area contributed by atoms with Crippen molar-refractivity contribution in [3.05, 3.63) is 59.2 Å². The Hall–Kier alpha value is -3.06. The van der Waals surface area contributed by atoms with E-state index in [-0.39, 0.29) is 25.2 Å². The standard InChI is InChI=1S/C31H42N2O5/c1-4-7-16-32(17-8-5-2)28(34)20-33-19-25(24-14-15-26-27(18-24)38-21-37-26)29(31(35)36)30(33)23-12-10-22(9-6-3)11-13-23/h10-15,18,25,29-30H,4-9,16-17,19-21H2,1-3H3,(H,35,36)/t25-,29+,30-/m1/s1. The molecule has 0 radical (unpaired) electrons. The Balaban J connectivity index is 1.67. The maximum atomic E-state index is 13.6. The Labute approximate surface area is 226 Å². The SMILES string of the molecule is CCCCN(CCCC)C(=O)CN1C[C@H](c2ccc3c(c2)OCO3)[C@H](C(=O)O)[C@H]1c1ccc(CCC)cc1. The fraction of sp³-hybridized carbons (Fsp3) is 0.548. The first-order chi connectivity index (χ1) is 18.5. The zero-order chi connectivity index (χ0) is 27.1. The molecule has 7 heteroatoms. The van der Waals surface area contributed by atoms with Crippen LogP contribution < -0.4 is 9.47 Å². The first-order valence-electron chi connectivity index (χ1n) is 14.2. The summed E-state index contributed by atoms with van der Waals surface area (Å²) in [6, 6.07) is 13.6. The van der Waals surface area contributed by atoms with E-state index in [0.29, 0.717) is 18.0 Å². The summed E-state index contributed by atoms with van der Waals surface area (Å²) in [5.74, 6) is -0.424. The van der Waals surface area contributed by atoms with Crippen molar-refractivity contribution < 1.29 is 24.2 Å². The Morgan fingerprint density at radius 3 is 2.21 bits per heavy atom. The third-order valence-corrected chi connectivity index (χ3v) is 7.82.